The molecule has 4 heteroatoms. The maximum absolute atomic E-state index is 8.79. The summed E-state index contributed by atoms with van der Waals surface area (Å²) in [5, 5.41) is 13.6. The highest BCUT2D eigenvalue weighted by atomic mass is 16.5. The van der Waals surface area contributed by atoms with Crippen LogP contribution < -0.4 is 0 Å². The molecule has 2 rings (SSSR count). The molecular formula is C11H11N3O. The van der Waals surface area contributed by atoms with Crippen molar-refractivity contribution >= 4 is 11.1 Å². The first-order valence-electron chi connectivity index (χ1n) is 4.68. The Morgan fingerprint density at radius 2 is 2.13 bits per heavy atom. The van der Waals surface area contributed by atoms with Gasteiger partial charge in [-0.3, -0.25) is 0 Å². The van der Waals surface area contributed by atoms with E-state index in [4.69, 9.17) is 9.78 Å². The molecular weight excluding hydrogens is 190 g/mol. The summed E-state index contributed by atoms with van der Waals surface area (Å²) in [6.45, 7) is 6.13. The molecule has 2 aromatic rings. The third-order valence-electron chi connectivity index (χ3n) is 2.17. The van der Waals surface area contributed by atoms with Crippen molar-refractivity contribution in [1.82, 2.24) is 10.1 Å². The van der Waals surface area contributed by atoms with Crippen LogP contribution in [-0.4, -0.2) is 10.1 Å². The molecule has 0 aliphatic rings. The number of hydrogen-bond donors (Lipinski definition) is 0. The van der Waals surface area contributed by atoms with Gasteiger partial charge in [-0.1, -0.05) is 25.9 Å². The van der Waals surface area contributed by atoms with Crippen molar-refractivity contribution < 1.29 is 4.52 Å². The lowest BCUT2D eigenvalue weighted by Crippen LogP contribution is -2.11. The van der Waals surface area contributed by atoms with Gasteiger partial charge >= 0.3 is 0 Å². The average molecular weight is 201 g/mol. The standard InChI is InChI=1S/C11H11N3O/c1-11(2,3)9-8-4-7(5-12)6-13-10(8)15-14-9/h4,6H,1-3H3. The number of pyridine rings is 1. The lowest BCUT2D eigenvalue weighted by atomic mass is 9.90. The van der Waals surface area contributed by atoms with Crippen LogP contribution >= 0.6 is 0 Å². The molecule has 0 radical (unpaired) electrons. The number of hydrogen-bond acceptors (Lipinski definition) is 4. The van der Waals surface area contributed by atoms with E-state index in [0.29, 0.717) is 11.3 Å². The van der Waals surface area contributed by atoms with E-state index in [9.17, 15) is 0 Å². The third kappa shape index (κ3) is 1.57. The second kappa shape index (κ2) is 3.06. The Labute approximate surface area is 87.5 Å². The van der Waals surface area contributed by atoms with Crippen LogP contribution in [0.1, 0.15) is 32.0 Å². The first kappa shape index (κ1) is 9.66. The fourth-order valence-corrected chi connectivity index (χ4v) is 1.43. The zero-order valence-electron chi connectivity index (χ0n) is 8.90. The van der Waals surface area contributed by atoms with Crippen LogP contribution in [0, 0.1) is 11.3 Å². The molecule has 0 bridgehead atoms. The van der Waals surface area contributed by atoms with Crippen molar-refractivity contribution in [3.8, 4) is 6.07 Å². The van der Waals surface area contributed by atoms with Crippen LogP contribution in [0.2, 0.25) is 0 Å². The summed E-state index contributed by atoms with van der Waals surface area (Å²) >= 11 is 0. The van der Waals surface area contributed by atoms with Crippen molar-refractivity contribution in [2.45, 2.75) is 26.2 Å². The van der Waals surface area contributed by atoms with Crippen molar-refractivity contribution in [2.75, 3.05) is 0 Å². The molecule has 0 fully saturated rings. The lowest BCUT2D eigenvalue weighted by Gasteiger charge is -2.13. The van der Waals surface area contributed by atoms with Crippen molar-refractivity contribution in [2.24, 2.45) is 0 Å². The molecule has 0 N–H and O–H groups in total. The van der Waals surface area contributed by atoms with Gasteiger partial charge in [0.15, 0.2) is 0 Å². The fourth-order valence-electron chi connectivity index (χ4n) is 1.43. The number of rotatable bonds is 0. The van der Waals surface area contributed by atoms with Gasteiger partial charge in [0.05, 0.1) is 16.6 Å². The Morgan fingerprint density at radius 3 is 2.73 bits per heavy atom. The Bertz CT molecular complexity index is 543. The Hall–Kier alpha value is -1.89. The van der Waals surface area contributed by atoms with Gasteiger partial charge < -0.3 is 4.52 Å². The monoisotopic (exact) mass is 201 g/mol. The molecule has 0 saturated heterocycles. The van der Waals surface area contributed by atoms with Crippen molar-refractivity contribution in [3.63, 3.8) is 0 Å². The molecule has 0 aliphatic heterocycles. The number of nitriles is 1. The van der Waals surface area contributed by atoms with E-state index in [2.05, 4.69) is 16.2 Å². The van der Waals surface area contributed by atoms with Gasteiger partial charge in [0.2, 0.25) is 0 Å². The van der Waals surface area contributed by atoms with E-state index in [1.165, 1.54) is 6.20 Å². The summed E-state index contributed by atoms with van der Waals surface area (Å²) in [5.74, 6) is 0. The number of nitrogens with zero attached hydrogens (tertiary/aromatic N) is 3. The minimum Gasteiger partial charge on any atom is -0.336 e. The molecule has 4 nitrogen and oxygen atoms in total. The first-order valence-corrected chi connectivity index (χ1v) is 4.68. The SMILES string of the molecule is CC(C)(C)c1noc2ncc(C#N)cc12. The predicted molar refractivity (Wildman–Crippen MR) is 55.2 cm³/mol. The highest BCUT2D eigenvalue weighted by Gasteiger charge is 2.22. The summed E-state index contributed by atoms with van der Waals surface area (Å²) in [4.78, 5) is 4.03. The molecule has 2 heterocycles. The van der Waals surface area contributed by atoms with Crippen LogP contribution in [0.3, 0.4) is 0 Å². The second-order valence-corrected chi connectivity index (χ2v) is 4.47. The minimum absolute atomic E-state index is 0.110. The molecule has 0 amide bonds. The second-order valence-electron chi connectivity index (χ2n) is 4.47. The molecule has 0 spiro atoms. The minimum atomic E-state index is -0.110. The van der Waals surface area contributed by atoms with Gasteiger partial charge in [-0.2, -0.15) is 5.26 Å². The molecule has 0 aliphatic carbocycles. The van der Waals surface area contributed by atoms with Crippen LogP contribution in [0.25, 0.3) is 11.1 Å². The quantitative estimate of drug-likeness (QED) is 0.656. The topological polar surface area (TPSA) is 62.7 Å². The van der Waals surface area contributed by atoms with E-state index in [-0.39, 0.29) is 5.41 Å². The summed E-state index contributed by atoms with van der Waals surface area (Å²) in [6.07, 6.45) is 1.49. The van der Waals surface area contributed by atoms with Crippen LogP contribution in [0.5, 0.6) is 0 Å². The van der Waals surface area contributed by atoms with Gasteiger partial charge in [0, 0.05) is 11.6 Å². The van der Waals surface area contributed by atoms with E-state index in [0.717, 1.165) is 11.1 Å². The van der Waals surface area contributed by atoms with E-state index in [1.807, 2.05) is 20.8 Å². The van der Waals surface area contributed by atoms with Gasteiger partial charge in [-0.25, -0.2) is 4.98 Å². The number of aromatic nitrogens is 2. The first-order chi connectivity index (χ1) is 7.02. The zero-order chi connectivity index (χ0) is 11.1. The maximum Gasteiger partial charge on any atom is 0.258 e. The molecule has 0 saturated carbocycles. The van der Waals surface area contributed by atoms with Crippen LogP contribution in [0.15, 0.2) is 16.8 Å². The number of fused-ring (bicyclic) bond motifs is 1. The van der Waals surface area contributed by atoms with E-state index < -0.39 is 0 Å². The van der Waals surface area contributed by atoms with Crippen LogP contribution in [0.4, 0.5) is 0 Å². The predicted octanol–water partition coefficient (Wildman–Crippen LogP) is 2.39. The normalized spacial score (nSPS) is 11.6. The average Bonchev–Trinajstić information content (AvgIpc) is 2.59. The largest absolute Gasteiger partial charge is 0.336 e. The lowest BCUT2D eigenvalue weighted by molar-refractivity contribution is 0.414. The summed E-state index contributed by atoms with van der Waals surface area (Å²) in [6, 6.07) is 3.82. The van der Waals surface area contributed by atoms with Gasteiger partial charge in [-0.15, -0.1) is 0 Å². The summed E-state index contributed by atoms with van der Waals surface area (Å²) in [5.41, 5.74) is 1.73. The zero-order valence-corrected chi connectivity index (χ0v) is 8.90. The van der Waals surface area contributed by atoms with Gasteiger partial charge in [0.25, 0.3) is 5.71 Å². The molecule has 0 atom stereocenters. The fraction of sp³-hybridized carbons (Fsp3) is 0.364. The van der Waals surface area contributed by atoms with Crippen LogP contribution in [-0.2, 0) is 5.41 Å². The highest BCUT2D eigenvalue weighted by molar-refractivity contribution is 5.78. The molecule has 15 heavy (non-hydrogen) atoms. The smallest absolute Gasteiger partial charge is 0.258 e. The Balaban J connectivity index is 2.73. The summed E-state index contributed by atoms with van der Waals surface area (Å²) < 4.78 is 5.10. The Morgan fingerprint density at radius 1 is 1.40 bits per heavy atom. The Kier molecular flexibility index (Phi) is 1.97. The third-order valence-corrected chi connectivity index (χ3v) is 2.17. The van der Waals surface area contributed by atoms with Gasteiger partial charge in [-0.05, 0) is 6.07 Å². The molecule has 2 aromatic heterocycles. The van der Waals surface area contributed by atoms with E-state index in [1.54, 1.807) is 6.07 Å². The summed E-state index contributed by atoms with van der Waals surface area (Å²) in [7, 11) is 0. The van der Waals surface area contributed by atoms with E-state index >= 15 is 0 Å². The van der Waals surface area contributed by atoms with Gasteiger partial charge in [0.1, 0.15) is 6.07 Å². The maximum atomic E-state index is 8.79. The highest BCUT2D eigenvalue weighted by Crippen LogP contribution is 2.28. The van der Waals surface area contributed by atoms with Crippen molar-refractivity contribution in [1.29, 1.82) is 5.26 Å². The van der Waals surface area contributed by atoms with Crippen molar-refractivity contribution in [3.05, 3.63) is 23.5 Å². The molecule has 0 aromatic carbocycles. The molecule has 0 unspecified atom stereocenters. The molecule has 76 valence electrons.